The Hall–Kier alpha value is -1.58. The fourth-order valence-corrected chi connectivity index (χ4v) is 2.47. The van der Waals surface area contributed by atoms with Crippen molar-refractivity contribution in [3.8, 4) is 0 Å². The molecule has 0 spiro atoms. The van der Waals surface area contributed by atoms with Gasteiger partial charge in [-0.25, -0.2) is 4.98 Å². The first kappa shape index (κ1) is 8.71. The minimum absolute atomic E-state index is 0.110. The van der Waals surface area contributed by atoms with Crippen molar-refractivity contribution < 1.29 is 4.79 Å². The molecule has 4 nitrogen and oxygen atoms in total. The Labute approximate surface area is 88.1 Å². The zero-order valence-electron chi connectivity index (χ0n) is 8.36. The zero-order chi connectivity index (χ0) is 10.3. The number of fused-ring (bicyclic) bond motifs is 2. The zero-order valence-corrected chi connectivity index (χ0v) is 8.36. The van der Waals surface area contributed by atoms with E-state index in [1.165, 1.54) is 0 Å². The maximum Gasteiger partial charge on any atom is 0.229 e. The predicted octanol–water partition coefficient (Wildman–Crippen LogP) is 1.61. The van der Waals surface area contributed by atoms with Gasteiger partial charge in [0.05, 0.1) is 11.6 Å². The lowest BCUT2D eigenvalue weighted by molar-refractivity contribution is -0.119. The highest BCUT2D eigenvalue weighted by Crippen LogP contribution is 2.34. The van der Waals surface area contributed by atoms with E-state index in [0.717, 1.165) is 30.8 Å². The second-order valence-electron chi connectivity index (χ2n) is 4.18. The third-order valence-electron chi connectivity index (χ3n) is 3.24. The van der Waals surface area contributed by atoms with Crippen LogP contribution in [-0.2, 0) is 4.79 Å². The number of pyridine rings is 1. The Kier molecular flexibility index (Phi) is 1.87. The van der Waals surface area contributed by atoms with Gasteiger partial charge in [-0.1, -0.05) is 6.42 Å². The average Bonchev–Trinajstić information content (AvgIpc) is 2.64. The molecule has 2 heterocycles. The molecule has 0 radical (unpaired) electrons. The number of rotatable bonds is 0. The lowest BCUT2D eigenvalue weighted by Gasteiger charge is -2.15. The molecule has 4 heteroatoms. The molecule has 2 atom stereocenters. The van der Waals surface area contributed by atoms with Gasteiger partial charge in [0, 0.05) is 12.2 Å². The third kappa shape index (κ3) is 1.37. The topological polar surface area (TPSA) is 54.0 Å². The largest absolute Gasteiger partial charge is 0.365 e. The summed E-state index contributed by atoms with van der Waals surface area (Å²) >= 11 is 0. The highest BCUT2D eigenvalue weighted by atomic mass is 16.2. The Balaban J connectivity index is 2.00. The highest BCUT2D eigenvalue weighted by Gasteiger charge is 2.35. The number of amides is 1. The van der Waals surface area contributed by atoms with Crippen LogP contribution in [0.25, 0.3) is 0 Å². The van der Waals surface area contributed by atoms with Gasteiger partial charge in [0.25, 0.3) is 0 Å². The quantitative estimate of drug-likeness (QED) is 0.673. The molecule has 2 aliphatic rings. The van der Waals surface area contributed by atoms with Gasteiger partial charge in [-0.05, 0) is 25.0 Å². The summed E-state index contributed by atoms with van der Waals surface area (Å²) in [7, 11) is 0. The SMILES string of the molecule is O=C1Nc2cccnc2NC2CCCC12. The van der Waals surface area contributed by atoms with Crippen molar-refractivity contribution in [2.75, 3.05) is 10.6 Å². The van der Waals surface area contributed by atoms with Crippen LogP contribution in [0.15, 0.2) is 18.3 Å². The second kappa shape index (κ2) is 3.22. The number of anilines is 2. The minimum Gasteiger partial charge on any atom is -0.365 e. The van der Waals surface area contributed by atoms with E-state index in [2.05, 4.69) is 15.6 Å². The van der Waals surface area contributed by atoms with E-state index >= 15 is 0 Å². The molecule has 0 aromatic carbocycles. The molecule has 1 aliphatic heterocycles. The highest BCUT2D eigenvalue weighted by molar-refractivity contribution is 5.97. The van der Waals surface area contributed by atoms with E-state index in [0.29, 0.717) is 0 Å². The van der Waals surface area contributed by atoms with Gasteiger partial charge in [-0.2, -0.15) is 0 Å². The van der Waals surface area contributed by atoms with E-state index in [4.69, 9.17) is 0 Å². The van der Waals surface area contributed by atoms with Crippen molar-refractivity contribution in [1.82, 2.24) is 4.98 Å². The van der Waals surface area contributed by atoms with Crippen LogP contribution in [0.4, 0.5) is 11.5 Å². The molecule has 1 fully saturated rings. The van der Waals surface area contributed by atoms with Crippen LogP contribution in [-0.4, -0.2) is 16.9 Å². The first-order chi connectivity index (χ1) is 7.34. The van der Waals surface area contributed by atoms with Crippen molar-refractivity contribution in [2.24, 2.45) is 5.92 Å². The van der Waals surface area contributed by atoms with E-state index in [1.54, 1.807) is 6.20 Å². The molecule has 2 N–H and O–H groups in total. The van der Waals surface area contributed by atoms with Gasteiger partial charge in [0.15, 0.2) is 0 Å². The first-order valence-electron chi connectivity index (χ1n) is 5.37. The van der Waals surface area contributed by atoms with Crippen molar-refractivity contribution >= 4 is 17.4 Å². The first-order valence-corrected chi connectivity index (χ1v) is 5.37. The Bertz CT molecular complexity index is 405. The summed E-state index contributed by atoms with van der Waals surface area (Å²) in [6.45, 7) is 0. The number of aromatic nitrogens is 1. The molecule has 1 aromatic rings. The number of hydrogen-bond acceptors (Lipinski definition) is 3. The van der Waals surface area contributed by atoms with Gasteiger partial charge in [-0.15, -0.1) is 0 Å². The van der Waals surface area contributed by atoms with Crippen molar-refractivity contribution in [1.29, 1.82) is 0 Å². The molecule has 15 heavy (non-hydrogen) atoms. The van der Waals surface area contributed by atoms with Gasteiger partial charge in [-0.3, -0.25) is 4.79 Å². The molecule has 1 amide bonds. The number of carbonyl (C=O) groups is 1. The van der Waals surface area contributed by atoms with Crippen molar-refractivity contribution in [3.63, 3.8) is 0 Å². The average molecular weight is 203 g/mol. The summed E-state index contributed by atoms with van der Waals surface area (Å²) < 4.78 is 0. The second-order valence-corrected chi connectivity index (χ2v) is 4.18. The molecule has 0 bridgehead atoms. The van der Waals surface area contributed by atoms with Crippen molar-refractivity contribution in [3.05, 3.63) is 18.3 Å². The molecule has 1 aliphatic carbocycles. The number of nitrogens with one attached hydrogen (secondary N) is 2. The predicted molar refractivity (Wildman–Crippen MR) is 57.6 cm³/mol. The molecule has 3 rings (SSSR count). The van der Waals surface area contributed by atoms with E-state index < -0.39 is 0 Å². The third-order valence-corrected chi connectivity index (χ3v) is 3.24. The summed E-state index contributed by atoms with van der Waals surface area (Å²) in [6.07, 6.45) is 4.91. The van der Waals surface area contributed by atoms with Gasteiger partial charge in [0.1, 0.15) is 5.82 Å². The molecule has 1 aromatic heterocycles. The van der Waals surface area contributed by atoms with Crippen LogP contribution < -0.4 is 10.6 Å². The number of hydrogen-bond donors (Lipinski definition) is 2. The lowest BCUT2D eigenvalue weighted by Crippen LogP contribution is -2.30. The molecular formula is C11H13N3O. The number of nitrogens with zero attached hydrogens (tertiary/aromatic N) is 1. The molecule has 0 saturated heterocycles. The van der Waals surface area contributed by atoms with Crippen LogP contribution in [0, 0.1) is 5.92 Å². The van der Waals surface area contributed by atoms with E-state index in [-0.39, 0.29) is 17.9 Å². The summed E-state index contributed by atoms with van der Waals surface area (Å²) in [6, 6.07) is 3.98. The smallest absolute Gasteiger partial charge is 0.229 e. The van der Waals surface area contributed by atoms with Gasteiger partial charge < -0.3 is 10.6 Å². The Morgan fingerprint density at radius 2 is 2.33 bits per heavy atom. The summed E-state index contributed by atoms with van der Waals surface area (Å²) in [5, 5.41) is 6.29. The minimum atomic E-state index is 0.110. The normalized spacial score (nSPS) is 28.4. The van der Waals surface area contributed by atoms with Crippen LogP contribution in [0.5, 0.6) is 0 Å². The fraction of sp³-hybridized carbons (Fsp3) is 0.455. The monoisotopic (exact) mass is 203 g/mol. The van der Waals surface area contributed by atoms with E-state index in [9.17, 15) is 4.79 Å². The summed E-state index contributed by atoms with van der Waals surface area (Å²) in [5.41, 5.74) is 0.803. The maximum atomic E-state index is 11.9. The maximum absolute atomic E-state index is 11.9. The fourth-order valence-electron chi connectivity index (χ4n) is 2.47. The Morgan fingerprint density at radius 3 is 3.27 bits per heavy atom. The summed E-state index contributed by atoms with van der Waals surface area (Å²) in [4.78, 5) is 16.1. The number of carbonyl (C=O) groups excluding carboxylic acids is 1. The van der Waals surface area contributed by atoms with Gasteiger partial charge in [0.2, 0.25) is 5.91 Å². The summed E-state index contributed by atoms with van der Waals surface area (Å²) in [5.74, 6) is 1.05. The lowest BCUT2D eigenvalue weighted by atomic mass is 10.0. The van der Waals surface area contributed by atoms with Gasteiger partial charge >= 0.3 is 0 Å². The van der Waals surface area contributed by atoms with Crippen molar-refractivity contribution in [2.45, 2.75) is 25.3 Å². The van der Waals surface area contributed by atoms with Crippen LogP contribution in [0.2, 0.25) is 0 Å². The molecule has 1 saturated carbocycles. The van der Waals surface area contributed by atoms with E-state index in [1.807, 2.05) is 12.1 Å². The van der Waals surface area contributed by atoms with Crippen LogP contribution in [0.3, 0.4) is 0 Å². The molecule has 2 unspecified atom stereocenters. The van der Waals surface area contributed by atoms with Crippen LogP contribution in [0.1, 0.15) is 19.3 Å². The standard InChI is InChI=1S/C11H13N3O/c15-11-7-3-1-4-8(7)13-10-9(14-11)5-2-6-12-10/h2,5-8H,1,3-4H2,(H,12,13)(H,14,15). The van der Waals surface area contributed by atoms with Crippen LogP contribution >= 0.6 is 0 Å². The molecular weight excluding hydrogens is 190 g/mol. The Morgan fingerprint density at radius 1 is 1.40 bits per heavy atom. The molecule has 78 valence electrons.